The van der Waals surface area contributed by atoms with E-state index in [1.54, 1.807) is 36.4 Å². The van der Waals surface area contributed by atoms with Gasteiger partial charge in [-0.1, -0.05) is 35.9 Å². The van der Waals surface area contributed by atoms with Crippen LogP contribution in [0.4, 0.5) is 5.69 Å². The van der Waals surface area contributed by atoms with Crippen molar-refractivity contribution in [3.8, 4) is 11.5 Å². The molecule has 3 fully saturated rings. The number of amides is 3. The van der Waals surface area contributed by atoms with Gasteiger partial charge < -0.3 is 10.1 Å². The first-order valence-corrected chi connectivity index (χ1v) is 11.2. The van der Waals surface area contributed by atoms with Crippen molar-refractivity contribution < 1.29 is 19.1 Å². The Morgan fingerprint density at radius 3 is 2.22 bits per heavy atom. The van der Waals surface area contributed by atoms with E-state index in [0.29, 0.717) is 34.0 Å². The number of hydrogen-bond donors (Lipinski definition) is 1. The summed E-state index contributed by atoms with van der Waals surface area (Å²) >= 11 is 6.11. The highest BCUT2D eigenvalue weighted by Crippen LogP contribution is 2.65. The maximum absolute atomic E-state index is 13.0. The first kappa shape index (κ1) is 19.6. The van der Waals surface area contributed by atoms with Crippen LogP contribution in [-0.2, 0) is 14.4 Å². The number of para-hydroxylation sites is 1. The molecule has 3 amide bonds. The van der Waals surface area contributed by atoms with Gasteiger partial charge in [0, 0.05) is 5.69 Å². The van der Waals surface area contributed by atoms with Crippen LogP contribution >= 0.6 is 11.6 Å². The van der Waals surface area contributed by atoms with Gasteiger partial charge in [-0.05, 0) is 66.5 Å². The molecule has 0 unspecified atom stereocenters. The second-order valence-corrected chi connectivity index (χ2v) is 9.43. The van der Waals surface area contributed by atoms with E-state index in [1.807, 2.05) is 12.1 Å². The number of halogens is 1. The molecule has 1 heterocycles. The van der Waals surface area contributed by atoms with Crippen LogP contribution in [-0.4, -0.2) is 29.2 Å². The molecule has 2 saturated carbocycles. The molecule has 1 aliphatic heterocycles. The summed E-state index contributed by atoms with van der Waals surface area (Å²) in [5, 5.41) is 3.27. The highest BCUT2D eigenvalue weighted by atomic mass is 35.5. The molecule has 2 aromatic rings. The minimum atomic E-state index is -0.393. The fourth-order valence-electron chi connectivity index (χ4n) is 5.78. The Bertz CT molecular complexity index is 1120. The number of carbonyl (C=O) groups is 3. The largest absolute Gasteiger partial charge is 0.456 e. The first-order chi connectivity index (χ1) is 15.5. The third-order valence-corrected chi connectivity index (χ3v) is 7.57. The molecule has 0 radical (unpaired) electrons. The van der Waals surface area contributed by atoms with Crippen LogP contribution in [0.3, 0.4) is 0 Å². The van der Waals surface area contributed by atoms with Crippen molar-refractivity contribution in [2.24, 2.45) is 35.5 Å². The average molecular weight is 449 g/mol. The number of benzene rings is 2. The Morgan fingerprint density at radius 2 is 1.59 bits per heavy atom. The number of nitrogens with one attached hydrogen (secondary N) is 1. The number of likely N-dealkylation sites (tertiary alicyclic amines) is 1. The van der Waals surface area contributed by atoms with Gasteiger partial charge in [0.25, 0.3) is 0 Å². The van der Waals surface area contributed by atoms with E-state index in [4.69, 9.17) is 16.3 Å². The molecule has 162 valence electrons. The molecule has 6 nitrogen and oxygen atoms in total. The molecule has 6 atom stereocenters. The zero-order valence-corrected chi connectivity index (χ0v) is 17.9. The van der Waals surface area contributed by atoms with Crippen molar-refractivity contribution in [1.82, 2.24) is 4.90 Å². The Morgan fingerprint density at radius 1 is 0.969 bits per heavy atom. The van der Waals surface area contributed by atoms with Gasteiger partial charge in [0.1, 0.15) is 18.0 Å². The van der Waals surface area contributed by atoms with Crippen molar-refractivity contribution >= 4 is 35.0 Å². The molecule has 0 aromatic heterocycles. The molecule has 7 heteroatoms. The molecule has 2 aromatic carbocycles. The summed E-state index contributed by atoms with van der Waals surface area (Å²) in [5.74, 6) is 1.18. The molecule has 4 aliphatic carbocycles. The van der Waals surface area contributed by atoms with Gasteiger partial charge in [0.15, 0.2) is 0 Å². The van der Waals surface area contributed by atoms with Gasteiger partial charge in [-0.2, -0.15) is 0 Å². The number of allylic oxidation sites excluding steroid dienone is 2. The smallest absolute Gasteiger partial charge is 0.244 e. The van der Waals surface area contributed by atoms with Crippen LogP contribution in [0.5, 0.6) is 11.5 Å². The maximum Gasteiger partial charge on any atom is 0.244 e. The van der Waals surface area contributed by atoms with Crippen molar-refractivity contribution in [2.45, 2.75) is 6.42 Å². The van der Waals surface area contributed by atoms with Gasteiger partial charge in [0.2, 0.25) is 17.7 Å². The Kier molecular flexibility index (Phi) is 4.40. The predicted octanol–water partition coefficient (Wildman–Crippen LogP) is 4.12. The van der Waals surface area contributed by atoms with Crippen LogP contribution in [0.15, 0.2) is 60.7 Å². The molecule has 1 N–H and O–H groups in total. The summed E-state index contributed by atoms with van der Waals surface area (Å²) in [4.78, 5) is 39.8. The number of anilines is 1. The lowest BCUT2D eigenvalue weighted by atomic mass is 9.63. The molecule has 32 heavy (non-hydrogen) atoms. The van der Waals surface area contributed by atoms with Crippen molar-refractivity contribution in [1.29, 1.82) is 0 Å². The standard InChI is InChI=1S/C25H21ClN2O4/c26-19-3-1-2-4-20(19)32-14-7-5-13(6-8-14)27-21(29)12-28-24(30)22-15-9-10-16(18-11-17(15)18)23(22)25(28)31/h1-10,15-18,22-23H,11-12H2,(H,27,29)/t15-,16+,17-,18-,22+,23+/m1/s1. The summed E-state index contributed by atoms with van der Waals surface area (Å²) in [7, 11) is 0. The lowest BCUT2D eigenvalue weighted by Gasteiger charge is -2.37. The van der Waals surface area contributed by atoms with Gasteiger partial charge >= 0.3 is 0 Å². The normalized spacial score (nSPS) is 31.3. The topological polar surface area (TPSA) is 75.7 Å². The number of nitrogens with zero attached hydrogens (tertiary/aromatic N) is 1. The van der Waals surface area contributed by atoms with Gasteiger partial charge in [0.05, 0.1) is 16.9 Å². The van der Waals surface area contributed by atoms with Crippen LogP contribution in [0, 0.1) is 35.5 Å². The first-order valence-electron chi connectivity index (χ1n) is 10.9. The molecule has 5 aliphatic rings. The van der Waals surface area contributed by atoms with E-state index in [9.17, 15) is 14.4 Å². The van der Waals surface area contributed by atoms with Gasteiger partial charge in [-0.3, -0.25) is 19.3 Å². The van der Waals surface area contributed by atoms with E-state index in [2.05, 4.69) is 17.5 Å². The van der Waals surface area contributed by atoms with Crippen LogP contribution in [0.2, 0.25) is 5.02 Å². The van der Waals surface area contributed by atoms with Crippen LogP contribution in [0.1, 0.15) is 6.42 Å². The molecule has 1 saturated heterocycles. The van der Waals surface area contributed by atoms with E-state index < -0.39 is 5.91 Å². The number of hydrogen-bond acceptors (Lipinski definition) is 4. The summed E-state index contributed by atoms with van der Waals surface area (Å²) in [5.41, 5.74) is 0.556. The monoisotopic (exact) mass is 448 g/mol. The maximum atomic E-state index is 13.0. The van der Waals surface area contributed by atoms with E-state index in [0.717, 1.165) is 11.3 Å². The number of carbonyl (C=O) groups excluding carboxylic acids is 3. The molecule has 7 rings (SSSR count). The van der Waals surface area contributed by atoms with Crippen molar-refractivity contribution in [2.75, 3.05) is 11.9 Å². The van der Waals surface area contributed by atoms with E-state index in [1.165, 1.54) is 0 Å². The lowest BCUT2D eigenvalue weighted by Crippen LogP contribution is -2.40. The third kappa shape index (κ3) is 3.05. The molecular formula is C25H21ClN2O4. The molecule has 0 spiro atoms. The molecule has 2 bridgehead atoms. The zero-order chi connectivity index (χ0) is 22.0. The Balaban J connectivity index is 1.10. The van der Waals surface area contributed by atoms with E-state index >= 15 is 0 Å². The second-order valence-electron chi connectivity index (χ2n) is 9.02. The zero-order valence-electron chi connectivity index (χ0n) is 17.1. The van der Waals surface area contributed by atoms with Gasteiger partial charge in [-0.25, -0.2) is 0 Å². The summed E-state index contributed by atoms with van der Waals surface area (Å²) in [6.45, 7) is -0.253. The Hall–Kier alpha value is -3.12. The van der Waals surface area contributed by atoms with Crippen LogP contribution < -0.4 is 10.1 Å². The predicted molar refractivity (Wildman–Crippen MR) is 118 cm³/mol. The number of ether oxygens (including phenoxy) is 1. The van der Waals surface area contributed by atoms with E-state index in [-0.39, 0.29) is 42.0 Å². The van der Waals surface area contributed by atoms with Gasteiger partial charge in [-0.15, -0.1) is 0 Å². The third-order valence-electron chi connectivity index (χ3n) is 7.26. The average Bonchev–Trinajstić information content (AvgIpc) is 3.58. The summed E-state index contributed by atoms with van der Waals surface area (Å²) < 4.78 is 5.75. The highest BCUT2D eigenvalue weighted by molar-refractivity contribution is 6.32. The lowest BCUT2D eigenvalue weighted by molar-refractivity contribution is -0.142. The number of imide groups is 1. The Labute approximate surface area is 190 Å². The fraction of sp³-hybridized carbons (Fsp3) is 0.320. The summed E-state index contributed by atoms with van der Waals surface area (Å²) in [6.07, 6.45) is 5.37. The van der Waals surface area contributed by atoms with Crippen molar-refractivity contribution in [3.63, 3.8) is 0 Å². The highest BCUT2D eigenvalue weighted by Gasteiger charge is 2.67. The number of rotatable bonds is 5. The quantitative estimate of drug-likeness (QED) is 0.551. The second kappa shape index (κ2) is 7.20. The van der Waals surface area contributed by atoms with Crippen molar-refractivity contribution in [3.05, 3.63) is 65.7 Å². The summed E-state index contributed by atoms with van der Waals surface area (Å²) in [6, 6.07) is 14.0. The minimum absolute atomic E-state index is 0.158. The fourth-order valence-corrected chi connectivity index (χ4v) is 5.95. The molecular weight excluding hydrogens is 428 g/mol. The minimum Gasteiger partial charge on any atom is -0.456 e. The van der Waals surface area contributed by atoms with Crippen LogP contribution in [0.25, 0.3) is 0 Å². The SMILES string of the molecule is O=C(CN1C(=O)[C@H]2[C@@H]3C=C[C@@H]([C@H]4C[C@H]34)[C@@H]2C1=O)Nc1ccc(Oc2ccccc2Cl)cc1.